The Bertz CT molecular complexity index is 1000. The van der Waals surface area contributed by atoms with Crippen LogP contribution in [0.15, 0.2) is 72.8 Å². The van der Waals surface area contributed by atoms with Crippen molar-refractivity contribution >= 4 is 32.9 Å². The Hall–Kier alpha value is -3.00. The summed E-state index contributed by atoms with van der Waals surface area (Å²) in [6.07, 6.45) is 0. The molecule has 0 spiro atoms. The van der Waals surface area contributed by atoms with E-state index < -0.39 is 0 Å². The molecule has 4 N–H and O–H groups in total. The molecule has 22 heavy (non-hydrogen) atoms. The zero-order chi connectivity index (χ0) is 15.1. The van der Waals surface area contributed by atoms with E-state index in [1.807, 2.05) is 18.2 Å². The molecule has 0 aliphatic heterocycles. The SMILES string of the molecule is Nc1ccc(N)c(-c2cccc3c2ccc2ccccc23)c1. The van der Waals surface area contributed by atoms with Crippen molar-refractivity contribution in [2.75, 3.05) is 11.5 Å². The van der Waals surface area contributed by atoms with Crippen LogP contribution in [0.1, 0.15) is 0 Å². The molecule has 0 radical (unpaired) electrons. The van der Waals surface area contributed by atoms with Gasteiger partial charge in [-0.25, -0.2) is 0 Å². The fourth-order valence-corrected chi connectivity index (χ4v) is 3.08. The molecule has 0 heterocycles. The summed E-state index contributed by atoms with van der Waals surface area (Å²) in [4.78, 5) is 0. The molecule has 0 fully saturated rings. The van der Waals surface area contributed by atoms with Gasteiger partial charge in [0.1, 0.15) is 0 Å². The van der Waals surface area contributed by atoms with Gasteiger partial charge in [0, 0.05) is 16.9 Å². The van der Waals surface area contributed by atoms with Crippen LogP contribution in [0.4, 0.5) is 11.4 Å². The van der Waals surface area contributed by atoms with E-state index in [1.165, 1.54) is 21.5 Å². The third-order valence-corrected chi connectivity index (χ3v) is 4.15. The Morgan fingerprint density at radius 1 is 0.545 bits per heavy atom. The van der Waals surface area contributed by atoms with Gasteiger partial charge in [0.15, 0.2) is 0 Å². The summed E-state index contributed by atoms with van der Waals surface area (Å²) in [6, 6.07) is 24.7. The van der Waals surface area contributed by atoms with Crippen molar-refractivity contribution in [1.82, 2.24) is 0 Å². The molecule has 0 aliphatic carbocycles. The summed E-state index contributed by atoms with van der Waals surface area (Å²) in [5.74, 6) is 0. The molecule has 0 unspecified atom stereocenters. The van der Waals surface area contributed by atoms with E-state index in [1.54, 1.807) is 0 Å². The van der Waals surface area contributed by atoms with Crippen LogP contribution < -0.4 is 11.5 Å². The molecule has 0 aromatic heterocycles. The number of anilines is 2. The smallest absolute Gasteiger partial charge is 0.0395 e. The molecule has 0 atom stereocenters. The van der Waals surface area contributed by atoms with E-state index >= 15 is 0 Å². The summed E-state index contributed by atoms with van der Waals surface area (Å²) in [7, 11) is 0. The number of hydrogen-bond donors (Lipinski definition) is 2. The van der Waals surface area contributed by atoms with Crippen LogP contribution in [0.2, 0.25) is 0 Å². The average molecular weight is 284 g/mol. The molecular formula is C20H16N2. The normalized spacial score (nSPS) is 11.1. The first-order chi connectivity index (χ1) is 10.7. The van der Waals surface area contributed by atoms with Crippen molar-refractivity contribution in [3.05, 3.63) is 72.8 Å². The third kappa shape index (κ3) is 1.89. The third-order valence-electron chi connectivity index (χ3n) is 4.15. The number of fused-ring (bicyclic) bond motifs is 3. The van der Waals surface area contributed by atoms with E-state index in [4.69, 9.17) is 11.5 Å². The molecule has 4 aromatic carbocycles. The maximum Gasteiger partial charge on any atom is 0.0395 e. The summed E-state index contributed by atoms with van der Waals surface area (Å²) in [6.45, 7) is 0. The highest BCUT2D eigenvalue weighted by Gasteiger charge is 2.09. The molecule has 0 amide bonds. The van der Waals surface area contributed by atoms with E-state index in [2.05, 4.69) is 54.6 Å². The van der Waals surface area contributed by atoms with Crippen LogP contribution in [-0.4, -0.2) is 0 Å². The van der Waals surface area contributed by atoms with Gasteiger partial charge in [-0.05, 0) is 45.3 Å². The molecule has 106 valence electrons. The highest BCUT2D eigenvalue weighted by Crippen LogP contribution is 2.36. The fraction of sp³-hybridized carbons (Fsp3) is 0. The lowest BCUT2D eigenvalue weighted by Crippen LogP contribution is -1.93. The van der Waals surface area contributed by atoms with Crippen molar-refractivity contribution in [3.8, 4) is 11.1 Å². The lowest BCUT2D eigenvalue weighted by Gasteiger charge is -2.12. The highest BCUT2D eigenvalue weighted by molar-refractivity contribution is 6.12. The predicted molar refractivity (Wildman–Crippen MR) is 95.7 cm³/mol. The molecule has 4 aromatic rings. The molecule has 2 heteroatoms. The minimum absolute atomic E-state index is 0.724. The monoisotopic (exact) mass is 284 g/mol. The number of hydrogen-bond acceptors (Lipinski definition) is 2. The fourth-order valence-electron chi connectivity index (χ4n) is 3.08. The molecule has 0 bridgehead atoms. The molecule has 0 aliphatic rings. The number of nitrogens with two attached hydrogens (primary N) is 2. The molecule has 4 rings (SSSR count). The maximum absolute atomic E-state index is 6.17. The van der Waals surface area contributed by atoms with E-state index in [0.29, 0.717) is 0 Å². The highest BCUT2D eigenvalue weighted by atomic mass is 14.6. The summed E-state index contributed by atoms with van der Waals surface area (Å²) in [5.41, 5.74) is 15.7. The molecule has 0 saturated heterocycles. The van der Waals surface area contributed by atoms with Crippen LogP contribution in [0.3, 0.4) is 0 Å². The van der Waals surface area contributed by atoms with Crippen molar-refractivity contribution in [2.24, 2.45) is 0 Å². The van der Waals surface area contributed by atoms with Gasteiger partial charge in [-0.1, -0.05) is 54.6 Å². The zero-order valence-corrected chi connectivity index (χ0v) is 12.1. The van der Waals surface area contributed by atoms with Gasteiger partial charge in [0.05, 0.1) is 0 Å². The Morgan fingerprint density at radius 2 is 1.36 bits per heavy atom. The van der Waals surface area contributed by atoms with Gasteiger partial charge >= 0.3 is 0 Å². The van der Waals surface area contributed by atoms with E-state index in [0.717, 1.165) is 22.5 Å². The Balaban J connectivity index is 2.11. The van der Waals surface area contributed by atoms with Crippen molar-refractivity contribution < 1.29 is 0 Å². The van der Waals surface area contributed by atoms with E-state index in [-0.39, 0.29) is 0 Å². The summed E-state index contributed by atoms with van der Waals surface area (Å²) in [5, 5.41) is 4.92. The van der Waals surface area contributed by atoms with Gasteiger partial charge in [-0.3, -0.25) is 0 Å². The Morgan fingerprint density at radius 3 is 2.27 bits per heavy atom. The van der Waals surface area contributed by atoms with Gasteiger partial charge in [0.2, 0.25) is 0 Å². The lowest BCUT2D eigenvalue weighted by atomic mass is 9.94. The van der Waals surface area contributed by atoms with Gasteiger partial charge in [-0.15, -0.1) is 0 Å². The van der Waals surface area contributed by atoms with Crippen LogP contribution in [0.25, 0.3) is 32.7 Å². The van der Waals surface area contributed by atoms with Crippen molar-refractivity contribution in [2.45, 2.75) is 0 Å². The first-order valence-corrected chi connectivity index (χ1v) is 7.30. The second-order valence-corrected chi connectivity index (χ2v) is 5.53. The lowest BCUT2D eigenvalue weighted by molar-refractivity contribution is 1.63. The van der Waals surface area contributed by atoms with Gasteiger partial charge < -0.3 is 11.5 Å². The zero-order valence-electron chi connectivity index (χ0n) is 12.1. The van der Waals surface area contributed by atoms with Gasteiger partial charge in [0.25, 0.3) is 0 Å². The average Bonchev–Trinajstić information content (AvgIpc) is 2.56. The number of benzene rings is 4. The van der Waals surface area contributed by atoms with Crippen LogP contribution in [0.5, 0.6) is 0 Å². The Kier molecular flexibility index (Phi) is 2.76. The topological polar surface area (TPSA) is 52.0 Å². The van der Waals surface area contributed by atoms with Crippen molar-refractivity contribution in [1.29, 1.82) is 0 Å². The summed E-state index contributed by atoms with van der Waals surface area (Å²) < 4.78 is 0. The second kappa shape index (κ2) is 4.78. The molecular weight excluding hydrogens is 268 g/mol. The minimum atomic E-state index is 0.724. The van der Waals surface area contributed by atoms with Crippen molar-refractivity contribution in [3.63, 3.8) is 0 Å². The van der Waals surface area contributed by atoms with Crippen LogP contribution >= 0.6 is 0 Å². The molecule has 0 saturated carbocycles. The predicted octanol–water partition coefficient (Wildman–Crippen LogP) is 4.82. The quantitative estimate of drug-likeness (QED) is 0.389. The molecule has 2 nitrogen and oxygen atoms in total. The maximum atomic E-state index is 6.17. The Labute approximate surface area is 129 Å². The van der Waals surface area contributed by atoms with Gasteiger partial charge in [-0.2, -0.15) is 0 Å². The standard InChI is InChI=1S/C20H16N2/c21-14-9-11-20(22)19(12-14)17-7-3-6-16-15-5-2-1-4-13(15)8-10-18(16)17/h1-12H,21-22H2. The van der Waals surface area contributed by atoms with Crippen LogP contribution in [-0.2, 0) is 0 Å². The minimum Gasteiger partial charge on any atom is -0.399 e. The number of nitrogen functional groups attached to an aromatic ring is 2. The number of rotatable bonds is 1. The van der Waals surface area contributed by atoms with E-state index in [9.17, 15) is 0 Å². The second-order valence-electron chi connectivity index (χ2n) is 5.53. The van der Waals surface area contributed by atoms with Crippen LogP contribution in [0, 0.1) is 0 Å². The first-order valence-electron chi connectivity index (χ1n) is 7.30. The largest absolute Gasteiger partial charge is 0.399 e. The summed E-state index contributed by atoms with van der Waals surface area (Å²) >= 11 is 0. The first kappa shape index (κ1) is 12.7.